The number of aromatic amines is 1. The van der Waals surface area contributed by atoms with Crippen molar-refractivity contribution in [1.82, 2.24) is 25.3 Å². The Morgan fingerprint density at radius 2 is 1.65 bits per heavy atom. The number of methoxy groups -OCH3 is 2. The number of nitrogens with zero attached hydrogens (tertiary/aromatic N) is 2. The Labute approximate surface area is 258 Å². The molecule has 0 saturated carbocycles. The number of hydrogen-bond donors (Lipinski definition) is 4. The van der Waals surface area contributed by atoms with Gasteiger partial charge in [0.25, 0.3) is 11.8 Å². The smallest absolute Gasteiger partial charge is 0.393 e. The number of carbonyl (C=O) groups excluding carboxylic acids is 3. The molecular formula is C27H31Cl2N6O7P. The minimum atomic E-state index is -3.79. The number of esters is 1. The molecule has 4 rings (SSSR count). The molecule has 13 nitrogen and oxygen atoms in total. The number of piperidine rings is 1. The number of H-pyrrole nitrogens is 1. The molecule has 0 aliphatic carbocycles. The number of rotatable bonds is 11. The van der Waals surface area contributed by atoms with E-state index in [0.717, 1.165) is 0 Å². The second kappa shape index (κ2) is 14.2. The Morgan fingerprint density at radius 1 is 1.02 bits per heavy atom. The second-order valence-electron chi connectivity index (χ2n) is 9.57. The van der Waals surface area contributed by atoms with Crippen LogP contribution in [0.2, 0.25) is 10.0 Å². The lowest BCUT2D eigenvalue weighted by Crippen LogP contribution is -2.47. The molecule has 0 bridgehead atoms. The molecule has 16 heteroatoms. The van der Waals surface area contributed by atoms with Gasteiger partial charge in [0.1, 0.15) is 23.2 Å². The molecule has 3 aromatic rings. The minimum Gasteiger partial charge on any atom is -0.497 e. The molecule has 1 aliphatic heterocycles. The number of anilines is 1. The van der Waals surface area contributed by atoms with Crippen molar-refractivity contribution < 1.29 is 32.9 Å². The van der Waals surface area contributed by atoms with E-state index in [-0.39, 0.29) is 46.1 Å². The van der Waals surface area contributed by atoms with E-state index in [2.05, 4.69) is 25.9 Å². The van der Waals surface area contributed by atoms with Gasteiger partial charge in [0, 0.05) is 19.1 Å². The zero-order valence-electron chi connectivity index (χ0n) is 23.6. The van der Waals surface area contributed by atoms with Gasteiger partial charge < -0.3 is 24.6 Å². The van der Waals surface area contributed by atoms with Crippen molar-refractivity contribution in [3.8, 4) is 11.5 Å². The first-order valence-electron chi connectivity index (χ1n) is 13.2. The highest BCUT2D eigenvalue weighted by molar-refractivity contribution is 7.54. The maximum Gasteiger partial charge on any atom is 0.393 e. The van der Waals surface area contributed by atoms with E-state index in [1.165, 1.54) is 39.5 Å². The number of aromatic nitrogens is 2. The van der Waals surface area contributed by atoms with Crippen LogP contribution in [0.3, 0.4) is 0 Å². The summed E-state index contributed by atoms with van der Waals surface area (Å²) in [5.74, 6) is -0.773. The first-order valence-corrected chi connectivity index (χ1v) is 15.5. The van der Waals surface area contributed by atoms with Crippen molar-refractivity contribution in [3.63, 3.8) is 0 Å². The molecule has 1 fully saturated rings. The topological polar surface area (TPSA) is 164 Å². The molecule has 2 atom stereocenters. The van der Waals surface area contributed by atoms with Crippen LogP contribution in [0.4, 0.5) is 5.69 Å². The van der Waals surface area contributed by atoms with Gasteiger partial charge in [-0.2, -0.15) is 5.10 Å². The zero-order valence-corrected chi connectivity index (χ0v) is 26.0. The summed E-state index contributed by atoms with van der Waals surface area (Å²) in [6, 6.07) is 10.0. The Kier molecular flexibility index (Phi) is 10.7. The fourth-order valence-electron chi connectivity index (χ4n) is 4.40. The van der Waals surface area contributed by atoms with Crippen LogP contribution in [-0.4, -0.2) is 72.0 Å². The van der Waals surface area contributed by atoms with E-state index in [0.29, 0.717) is 24.3 Å². The number of hydrogen-bond acceptors (Lipinski definition) is 8. The average molecular weight is 653 g/mol. The molecule has 230 valence electrons. The van der Waals surface area contributed by atoms with E-state index in [1.54, 1.807) is 35.0 Å². The summed E-state index contributed by atoms with van der Waals surface area (Å²) >= 11 is 12.3. The molecule has 0 radical (unpaired) electrons. The number of amides is 2. The Morgan fingerprint density at radius 3 is 2.26 bits per heavy atom. The van der Waals surface area contributed by atoms with E-state index >= 15 is 0 Å². The van der Waals surface area contributed by atoms with E-state index in [1.807, 2.05) is 0 Å². The number of nitrogens with one attached hydrogen (secondary N) is 4. The first-order chi connectivity index (χ1) is 20.5. The van der Waals surface area contributed by atoms with Crippen LogP contribution < -0.4 is 25.0 Å². The van der Waals surface area contributed by atoms with Crippen LogP contribution in [0.5, 0.6) is 11.5 Å². The molecule has 43 heavy (non-hydrogen) atoms. The van der Waals surface area contributed by atoms with Crippen LogP contribution in [0.25, 0.3) is 0 Å². The number of carbonyl (C=O) groups is 3. The highest BCUT2D eigenvalue weighted by Gasteiger charge is 2.39. The lowest BCUT2D eigenvalue weighted by atomic mass is 10.1. The molecular weight excluding hydrogens is 622 g/mol. The van der Waals surface area contributed by atoms with Crippen LogP contribution in [0, 0.1) is 0 Å². The van der Waals surface area contributed by atoms with Gasteiger partial charge in [0.05, 0.1) is 41.7 Å². The average Bonchev–Trinajstić information content (AvgIpc) is 3.45. The Hall–Kier alpha value is -3.61. The normalized spacial score (nSPS) is 16.0. The van der Waals surface area contributed by atoms with E-state index in [9.17, 15) is 18.9 Å². The summed E-state index contributed by atoms with van der Waals surface area (Å²) in [7, 11) is -1.02. The minimum absolute atomic E-state index is 0.0426. The SMILES string of the molecule is COC(=O)[C@H](C)NP(=O)(Oc1ccc(OC)cc1)N1CCC(NC(=O)c2[nH]ncc2NC(=O)c2c(Cl)cccc2Cl)CC1. The van der Waals surface area contributed by atoms with Crippen molar-refractivity contribution in [1.29, 1.82) is 0 Å². The third-order valence-electron chi connectivity index (χ3n) is 6.68. The van der Waals surface area contributed by atoms with Gasteiger partial charge in [0.2, 0.25) is 0 Å². The molecule has 4 N–H and O–H groups in total. The molecule has 2 amide bonds. The predicted molar refractivity (Wildman–Crippen MR) is 161 cm³/mol. The van der Waals surface area contributed by atoms with Crippen LogP contribution in [0.15, 0.2) is 48.7 Å². The van der Waals surface area contributed by atoms with Crippen molar-refractivity contribution in [2.24, 2.45) is 0 Å². The summed E-state index contributed by atoms with van der Waals surface area (Å²) in [6.45, 7) is 2.08. The molecule has 1 saturated heterocycles. The third-order valence-corrected chi connectivity index (χ3v) is 9.63. The molecule has 2 aromatic carbocycles. The second-order valence-corrected chi connectivity index (χ2v) is 12.4. The first kappa shape index (κ1) is 32.3. The number of halogens is 2. The third kappa shape index (κ3) is 7.87. The van der Waals surface area contributed by atoms with Gasteiger partial charge in [0.15, 0.2) is 0 Å². The van der Waals surface area contributed by atoms with Crippen LogP contribution in [-0.2, 0) is 14.1 Å². The summed E-state index contributed by atoms with van der Waals surface area (Å²) < 4.78 is 31.7. The molecule has 0 spiro atoms. The molecule has 2 heterocycles. The molecule has 1 aliphatic rings. The summed E-state index contributed by atoms with van der Waals surface area (Å²) in [6.07, 6.45) is 2.14. The monoisotopic (exact) mass is 652 g/mol. The fraction of sp³-hybridized carbons (Fsp3) is 0.333. The standard InChI is InChI=1S/C27H31Cl2N6O7P/c1-16(27(38)41-3)34-43(39,42-19-9-7-18(40-2)8-10-19)35-13-11-17(12-14-35)31-26(37)24-22(15-30-33-24)32-25(36)23-20(28)5-4-6-21(23)29/h4-10,15-17H,11-14H2,1-3H3,(H,30,33)(H,31,37)(H,32,36)(H,34,39)/t16-,43?/m0/s1. The summed E-state index contributed by atoms with van der Waals surface area (Å²) in [5, 5.41) is 15.2. The van der Waals surface area contributed by atoms with Gasteiger partial charge >= 0.3 is 13.6 Å². The van der Waals surface area contributed by atoms with Gasteiger partial charge in [-0.3, -0.25) is 19.5 Å². The van der Waals surface area contributed by atoms with Gasteiger partial charge in [-0.05, 0) is 56.2 Å². The van der Waals surface area contributed by atoms with Crippen molar-refractivity contribution in [3.05, 3.63) is 70.0 Å². The lowest BCUT2D eigenvalue weighted by Gasteiger charge is -2.37. The lowest BCUT2D eigenvalue weighted by molar-refractivity contribution is -0.142. The maximum absolute atomic E-state index is 14.1. The van der Waals surface area contributed by atoms with Crippen LogP contribution >= 0.6 is 30.9 Å². The Balaban J connectivity index is 1.41. The quantitative estimate of drug-likeness (QED) is 0.171. The van der Waals surface area contributed by atoms with Crippen LogP contribution in [0.1, 0.15) is 40.6 Å². The number of ether oxygens (including phenoxy) is 2. The van der Waals surface area contributed by atoms with Gasteiger partial charge in [-0.25, -0.2) is 14.3 Å². The largest absolute Gasteiger partial charge is 0.497 e. The zero-order chi connectivity index (χ0) is 31.1. The highest BCUT2D eigenvalue weighted by atomic mass is 35.5. The van der Waals surface area contributed by atoms with E-state index < -0.39 is 31.5 Å². The predicted octanol–water partition coefficient (Wildman–Crippen LogP) is 4.51. The highest BCUT2D eigenvalue weighted by Crippen LogP contribution is 2.49. The van der Waals surface area contributed by atoms with E-state index in [4.69, 9.17) is 37.2 Å². The molecule has 1 unspecified atom stereocenters. The molecule has 1 aromatic heterocycles. The fourth-order valence-corrected chi connectivity index (χ4v) is 7.06. The maximum atomic E-state index is 14.1. The van der Waals surface area contributed by atoms with Gasteiger partial charge in [-0.1, -0.05) is 29.3 Å². The summed E-state index contributed by atoms with van der Waals surface area (Å²) in [5.41, 5.74) is 0.262. The van der Waals surface area contributed by atoms with Gasteiger partial charge in [-0.15, -0.1) is 0 Å². The summed E-state index contributed by atoms with van der Waals surface area (Å²) in [4.78, 5) is 38.0. The van der Waals surface area contributed by atoms with Crippen molar-refractivity contribution in [2.45, 2.75) is 31.8 Å². The van der Waals surface area contributed by atoms with Crippen molar-refractivity contribution in [2.75, 3.05) is 32.6 Å². The Bertz CT molecular complexity index is 1490. The number of benzene rings is 2. The van der Waals surface area contributed by atoms with Crippen molar-refractivity contribution >= 4 is 54.3 Å².